The molecule has 0 fully saturated rings. The number of aliphatic hydroxyl groups is 2. The van der Waals surface area contributed by atoms with Crippen LogP contribution in [0, 0.1) is 5.41 Å². The van der Waals surface area contributed by atoms with Crippen LogP contribution in [0.4, 0.5) is 0 Å². The molecule has 0 spiro atoms. The minimum Gasteiger partial charge on any atom is -1.00 e. The van der Waals surface area contributed by atoms with Gasteiger partial charge in [-0.25, -0.2) is 4.57 Å². The monoisotopic (exact) mass is 1140 g/mol. The van der Waals surface area contributed by atoms with Gasteiger partial charge in [0.1, 0.15) is 31.3 Å². The number of ether oxygens (including phenoxy) is 5. The second-order valence-corrected chi connectivity index (χ2v) is 21.7. The number of hydrogen-bond acceptors (Lipinski definition) is 10. The van der Waals surface area contributed by atoms with Gasteiger partial charge in [-0.1, -0.05) is 130 Å². The molecule has 2 N–H and O–H groups in total. The third-order valence-electron chi connectivity index (χ3n) is 10.9. The average molecular weight is 1140 g/mol. The second-order valence-electron chi connectivity index (χ2n) is 17.9. The first kappa shape index (κ1) is 60.5. The van der Waals surface area contributed by atoms with Crippen LogP contribution in [-0.2, 0) is 46.3 Å². The SMILES string of the molecule is C.CC(C)(Br)C(=O)OCCCOc1ccc(C(C)(O)c2ccccc2)cc1.CC(C)(CC(C)(Br)C(=O)OCCC[n+]1ccccc1)C(=O)OCCCOc1ccc(C(C)(O)c2ccccc2)cc1.[Br-]. The molecule has 3 unspecified atom stereocenters. The van der Waals surface area contributed by atoms with E-state index in [1.54, 1.807) is 48.5 Å². The lowest BCUT2D eigenvalue weighted by molar-refractivity contribution is -0.697. The van der Waals surface area contributed by atoms with Crippen molar-refractivity contribution in [2.45, 2.75) is 108 Å². The predicted octanol–water partition coefficient (Wildman–Crippen LogP) is 7.81. The Balaban J connectivity index is 0.000000505. The van der Waals surface area contributed by atoms with Crippen molar-refractivity contribution >= 4 is 49.8 Å². The fourth-order valence-electron chi connectivity index (χ4n) is 6.92. The average Bonchev–Trinajstić information content (AvgIpc) is 3.30. The fraction of sp³-hybridized carbons (Fsp3) is 0.418. The molecule has 0 aliphatic rings. The molecule has 0 amide bonds. The first-order valence-corrected chi connectivity index (χ1v) is 24.1. The van der Waals surface area contributed by atoms with Gasteiger partial charge < -0.3 is 50.9 Å². The molecule has 4 aromatic carbocycles. The van der Waals surface area contributed by atoms with E-state index < -0.39 is 31.2 Å². The maximum absolute atomic E-state index is 12.8. The molecule has 1 heterocycles. The quantitative estimate of drug-likeness (QED) is 0.0219. The summed E-state index contributed by atoms with van der Waals surface area (Å²) in [6.45, 7) is 14.6. The number of aryl methyl sites for hydroxylation is 1. The Morgan fingerprint density at radius 3 is 1.28 bits per heavy atom. The first-order valence-electron chi connectivity index (χ1n) is 22.5. The van der Waals surface area contributed by atoms with Gasteiger partial charge >= 0.3 is 17.9 Å². The Morgan fingerprint density at radius 1 is 0.493 bits per heavy atom. The van der Waals surface area contributed by atoms with Crippen LogP contribution < -0.4 is 31.0 Å². The van der Waals surface area contributed by atoms with Crippen molar-refractivity contribution in [2.24, 2.45) is 5.41 Å². The highest BCUT2D eigenvalue weighted by molar-refractivity contribution is 9.10. The molecule has 11 nitrogen and oxygen atoms in total. The number of rotatable bonds is 23. The zero-order valence-electron chi connectivity index (χ0n) is 40.1. The summed E-state index contributed by atoms with van der Waals surface area (Å²) in [5.74, 6) is 0.306. The number of nitrogens with zero attached hydrogens (tertiary/aromatic N) is 1. The number of hydrogen-bond donors (Lipinski definition) is 2. The topological polar surface area (TPSA) is 142 Å². The highest BCUT2D eigenvalue weighted by Gasteiger charge is 2.42. The molecule has 0 bridgehead atoms. The van der Waals surface area contributed by atoms with Crippen LogP contribution in [0.5, 0.6) is 11.5 Å². The van der Waals surface area contributed by atoms with Crippen LogP contribution >= 0.6 is 31.9 Å². The minimum absolute atomic E-state index is 0. The standard InChI is InChI=1S/C33H41BrNO6.C21H25BrO4.CH4.BrH/c1-31(2,25-32(3,34)30(37)41-22-11-21-35-19-9-6-10-20-35)29(36)40-24-12-23-39-28-17-15-27(16-18-28)33(4,38)26-13-7-5-8-14-26;1-20(2,22)19(23)26-15-7-14-25-18-12-10-17(11-13-18)21(3,24)16-8-5-4-6-9-16;;/h5-10,13-20,38H,11-12,21-25H2,1-4H3;4-6,8-13,24H,7,14-15H2,1-3H3;1H4;1H/q+1;;;/p-1. The summed E-state index contributed by atoms with van der Waals surface area (Å²) in [5, 5.41) is 21.8. The van der Waals surface area contributed by atoms with Crippen molar-refractivity contribution in [3.8, 4) is 11.5 Å². The van der Waals surface area contributed by atoms with E-state index in [9.17, 15) is 24.6 Å². The molecule has 0 radical (unpaired) electrons. The van der Waals surface area contributed by atoms with E-state index in [0.29, 0.717) is 57.2 Å². The molecule has 0 saturated heterocycles. The van der Waals surface area contributed by atoms with Gasteiger partial charge in [-0.05, 0) is 101 Å². The van der Waals surface area contributed by atoms with E-state index in [2.05, 4.69) is 31.9 Å². The molecular weight excluding hydrogens is 1070 g/mol. The van der Waals surface area contributed by atoms with Crippen LogP contribution in [0.3, 0.4) is 0 Å². The van der Waals surface area contributed by atoms with Gasteiger partial charge in [0, 0.05) is 31.4 Å². The smallest absolute Gasteiger partial charge is 0.322 e. The molecule has 14 heteroatoms. The normalized spacial score (nSPS) is 13.7. The number of benzene rings is 4. The summed E-state index contributed by atoms with van der Waals surface area (Å²) < 4.78 is 27.9. The molecule has 5 aromatic rings. The minimum atomic E-state index is -1.11. The van der Waals surface area contributed by atoms with Crippen molar-refractivity contribution < 1.29 is 69.8 Å². The lowest BCUT2D eigenvalue weighted by atomic mass is 9.83. The number of alkyl halides is 2. The highest BCUT2D eigenvalue weighted by Crippen LogP contribution is 2.36. The summed E-state index contributed by atoms with van der Waals surface area (Å²) in [6, 6.07) is 39.6. The third-order valence-corrected chi connectivity index (χ3v) is 11.8. The fourth-order valence-corrected chi connectivity index (χ4v) is 7.85. The van der Waals surface area contributed by atoms with Crippen LogP contribution in [0.15, 0.2) is 140 Å². The van der Waals surface area contributed by atoms with Gasteiger partial charge in [0.15, 0.2) is 18.9 Å². The van der Waals surface area contributed by atoms with E-state index in [-0.39, 0.29) is 49.4 Å². The van der Waals surface area contributed by atoms with Crippen molar-refractivity contribution in [3.05, 3.63) is 162 Å². The van der Waals surface area contributed by atoms with Gasteiger partial charge in [0.25, 0.3) is 0 Å². The van der Waals surface area contributed by atoms with Crippen molar-refractivity contribution in [1.82, 2.24) is 0 Å². The summed E-state index contributed by atoms with van der Waals surface area (Å²) >= 11 is 6.74. The number of esters is 3. The Kier molecular flexibility index (Phi) is 24.8. The van der Waals surface area contributed by atoms with Gasteiger partial charge in [0.05, 0.1) is 38.4 Å². The molecule has 0 aliphatic heterocycles. The molecule has 1 aromatic heterocycles. The van der Waals surface area contributed by atoms with Gasteiger partial charge in [-0.2, -0.15) is 0 Å². The van der Waals surface area contributed by atoms with Gasteiger partial charge in [-0.15, -0.1) is 0 Å². The summed E-state index contributed by atoms with van der Waals surface area (Å²) in [6.07, 6.45) is 5.97. The maximum Gasteiger partial charge on any atom is 0.322 e. The van der Waals surface area contributed by atoms with E-state index in [1.807, 2.05) is 144 Å². The number of aromatic nitrogens is 1. The molecule has 3 atom stereocenters. The highest BCUT2D eigenvalue weighted by atomic mass is 79.9. The van der Waals surface area contributed by atoms with Crippen LogP contribution in [0.1, 0.15) is 104 Å². The number of carbonyl (C=O) groups excluding carboxylic acids is 3. The first-order chi connectivity index (χ1) is 31.6. The maximum atomic E-state index is 12.8. The van der Waals surface area contributed by atoms with E-state index in [4.69, 9.17) is 23.7 Å². The van der Waals surface area contributed by atoms with Crippen molar-refractivity contribution in [3.63, 3.8) is 0 Å². The van der Waals surface area contributed by atoms with E-state index >= 15 is 0 Å². The van der Waals surface area contributed by atoms with E-state index in [1.165, 1.54) is 0 Å². The zero-order chi connectivity index (χ0) is 49.1. The third kappa shape index (κ3) is 19.6. The molecule has 376 valence electrons. The summed E-state index contributed by atoms with van der Waals surface area (Å²) in [7, 11) is 0. The molecule has 0 aliphatic carbocycles. The predicted molar refractivity (Wildman–Crippen MR) is 273 cm³/mol. The van der Waals surface area contributed by atoms with Gasteiger partial charge in [0.2, 0.25) is 0 Å². The van der Waals surface area contributed by atoms with E-state index in [0.717, 1.165) is 28.8 Å². The summed E-state index contributed by atoms with van der Waals surface area (Å²) in [4.78, 5) is 37.1. The van der Waals surface area contributed by atoms with Crippen molar-refractivity contribution in [1.29, 1.82) is 0 Å². The Bertz CT molecular complexity index is 2270. The molecule has 5 rings (SSSR count). The largest absolute Gasteiger partial charge is 1.00 e. The van der Waals surface area contributed by atoms with Crippen LogP contribution in [0.2, 0.25) is 0 Å². The lowest BCUT2D eigenvalue weighted by Crippen LogP contribution is -3.00. The Morgan fingerprint density at radius 2 is 0.855 bits per heavy atom. The number of carbonyl (C=O) groups is 3. The number of halogens is 3. The lowest BCUT2D eigenvalue weighted by Gasteiger charge is -2.30. The second kappa shape index (κ2) is 28.3. The van der Waals surface area contributed by atoms with Crippen molar-refractivity contribution in [2.75, 3.05) is 33.0 Å². The molecular formula is C55H70Br3NO10. The summed E-state index contributed by atoms with van der Waals surface area (Å²) in [5.41, 5.74) is 0.147. The molecule has 69 heavy (non-hydrogen) atoms. The zero-order valence-corrected chi connectivity index (χ0v) is 44.8. The Hall–Kier alpha value is -4.60. The molecule has 0 saturated carbocycles. The number of pyridine rings is 1. The van der Waals surface area contributed by atoms with Crippen LogP contribution in [0.25, 0.3) is 0 Å². The van der Waals surface area contributed by atoms with Gasteiger partial charge in [-0.3, -0.25) is 14.4 Å². The Labute approximate surface area is 436 Å². The van der Waals surface area contributed by atoms with Crippen LogP contribution in [-0.4, -0.2) is 69.8 Å².